The molecule has 1 atom stereocenters. The highest BCUT2D eigenvalue weighted by atomic mass is 16.5. The van der Waals surface area contributed by atoms with Crippen LogP contribution in [0, 0.1) is 13.8 Å². The molecule has 1 saturated heterocycles. The molecule has 0 spiro atoms. The number of aryl methyl sites for hydroxylation is 3. The Morgan fingerprint density at radius 3 is 3.00 bits per heavy atom. The molecule has 5 nitrogen and oxygen atoms in total. The molecule has 0 amide bonds. The van der Waals surface area contributed by atoms with E-state index in [4.69, 9.17) is 9.72 Å². The van der Waals surface area contributed by atoms with Crippen LogP contribution >= 0.6 is 0 Å². The Labute approximate surface area is 119 Å². The molecule has 0 aliphatic carbocycles. The summed E-state index contributed by atoms with van der Waals surface area (Å²) in [6, 6.07) is 2.47. The van der Waals surface area contributed by atoms with Crippen LogP contribution in [0.2, 0.25) is 0 Å². The van der Waals surface area contributed by atoms with Crippen molar-refractivity contribution in [2.75, 3.05) is 18.5 Å². The van der Waals surface area contributed by atoms with Crippen molar-refractivity contribution in [2.24, 2.45) is 0 Å². The van der Waals surface area contributed by atoms with Crippen molar-refractivity contribution < 1.29 is 4.74 Å². The highest BCUT2D eigenvalue weighted by Gasteiger charge is 2.17. The standard InChI is InChI=1S/C15H22N4O/c1-4-12-8-14(16-13-6-5-7-20-9-13)19-15(17-12)10(2)11(3)18-19/h8,13,16H,4-7,9H2,1-3H3/t13-/m0/s1. The summed E-state index contributed by atoms with van der Waals surface area (Å²) in [4.78, 5) is 4.70. The lowest BCUT2D eigenvalue weighted by Crippen LogP contribution is -2.31. The predicted molar refractivity (Wildman–Crippen MR) is 79.3 cm³/mol. The number of aromatic nitrogens is 3. The third-order valence-electron chi connectivity index (χ3n) is 3.98. The summed E-state index contributed by atoms with van der Waals surface area (Å²) in [6.07, 6.45) is 3.18. The maximum absolute atomic E-state index is 5.54. The number of rotatable bonds is 3. The summed E-state index contributed by atoms with van der Waals surface area (Å²) < 4.78 is 7.47. The average Bonchev–Trinajstić information content (AvgIpc) is 2.76. The third kappa shape index (κ3) is 2.38. The van der Waals surface area contributed by atoms with E-state index in [0.717, 1.165) is 60.9 Å². The predicted octanol–water partition coefficient (Wildman–Crippen LogP) is 2.50. The molecule has 108 valence electrons. The van der Waals surface area contributed by atoms with Crippen LogP contribution in [0.3, 0.4) is 0 Å². The molecule has 0 unspecified atom stereocenters. The zero-order valence-corrected chi connectivity index (χ0v) is 12.4. The summed E-state index contributed by atoms with van der Waals surface area (Å²) in [5, 5.41) is 8.18. The van der Waals surface area contributed by atoms with Crippen LogP contribution in [0.15, 0.2) is 6.07 Å². The Hall–Kier alpha value is -1.62. The molecule has 3 rings (SSSR count). The van der Waals surface area contributed by atoms with Crippen LogP contribution in [-0.2, 0) is 11.2 Å². The maximum Gasteiger partial charge on any atom is 0.160 e. The minimum absolute atomic E-state index is 0.365. The van der Waals surface area contributed by atoms with Gasteiger partial charge in [-0.3, -0.25) is 0 Å². The first-order valence-electron chi connectivity index (χ1n) is 7.39. The zero-order chi connectivity index (χ0) is 14.1. The summed E-state index contributed by atoms with van der Waals surface area (Å²) >= 11 is 0. The lowest BCUT2D eigenvalue weighted by molar-refractivity contribution is 0.0874. The Morgan fingerprint density at radius 2 is 2.30 bits per heavy atom. The van der Waals surface area contributed by atoms with Crippen molar-refractivity contribution in [3.8, 4) is 0 Å². The Bertz CT molecular complexity index is 614. The lowest BCUT2D eigenvalue weighted by atomic mass is 10.1. The summed E-state index contributed by atoms with van der Waals surface area (Å²) in [5.41, 5.74) is 4.25. The molecule has 1 N–H and O–H groups in total. The smallest absolute Gasteiger partial charge is 0.160 e. The van der Waals surface area contributed by atoms with Gasteiger partial charge in [0.2, 0.25) is 0 Å². The van der Waals surface area contributed by atoms with Gasteiger partial charge in [0, 0.05) is 23.9 Å². The SMILES string of the molecule is CCc1cc(N[C@H]2CCCOC2)n2nc(C)c(C)c2n1. The van der Waals surface area contributed by atoms with Gasteiger partial charge in [0.1, 0.15) is 5.82 Å². The van der Waals surface area contributed by atoms with Crippen LogP contribution < -0.4 is 5.32 Å². The summed E-state index contributed by atoms with van der Waals surface area (Å²) in [7, 11) is 0. The van der Waals surface area contributed by atoms with E-state index in [0.29, 0.717) is 6.04 Å². The van der Waals surface area contributed by atoms with Gasteiger partial charge in [-0.1, -0.05) is 6.92 Å². The molecule has 1 aliphatic rings. The third-order valence-corrected chi connectivity index (χ3v) is 3.98. The quantitative estimate of drug-likeness (QED) is 0.934. The van der Waals surface area contributed by atoms with Gasteiger partial charge in [0.25, 0.3) is 0 Å². The maximum atomic E-state index is 5.54. The monoisotopic (exact) mass is 274 g/mol. The molecule has 1 aliphatic heterocycles. The van der Waals surface area contributed by atoms with Crippen molar-refractivity contribution in [1.29, 1.82) is 0 Å². The molecule has 2 aromatic rings. The molecule has 0 aromatic carbocycles. The first-order chi connectivity index (χ1) is 9.69. The molecule has 20 heavy (non-hydrogen) atoms. The second-order valence-electron chi connectivity index (χ2n) is 5.49. The van der Waals surface area contributed by atoms with E-state index < -0.39 is 0 Å². The molecule has 0 saturated carbocycles. The van der Waals surface area contributed by atoms with Gasteiger partial charge >= 0.3 is 0 Å². The molecular formula is C15H22N4O. The Kier molecular flexibility index (Phi) is 3.61. The minimum Gasteiger partial charge on any atom is -0.379 e. The second-order valence-corrected chi connectivity index (χ2v) is 5.49. The Morgan fingerprint density at radius 1 is 1.45 bits per heavy atom. The zero-order valence-electron chi connectivity index (χ0n) is 12.4. The molecule has 0 bridgehead atoms. The summed E-state index contributed by atoms with van der Waals surface area (Å²) in [5.74, 6) is 1.03. The topological polar surface area (TPSA) is 51.5 Å². The fraction of sp³-hybridized carbons (Fsp3) is 0.600. The number of ether oxygens (including phenoxy) is 1. The van der Waals surface area contributed by atoms with Gasteiger partial charge < -0.3 is 10.1 Å². The molecule has 0 radical (unpaired) electrons. The van der Waals surface area contributed by atoms with Crippen molar-refractivity contribution in [1.82, 2.24) is 14.6 Å². The van der Waals surface area contributed by atoms with E-state index in [2.05, 4.69) is 30.3 Å². The average molecular weight is 274 g/mol. The number of hydrogen-bond donors (Lipinski definition) is 1. The van der Waals surface area contributed by atoms with Crippen LogP contribution in [-0.4, -0.2) is 33.9 Å². The highest BCUT2D eigenvalue weighted by molar-refractivity contribution is 5.56. The van der Waals surface area contributed by atoms with Gasteiger partial charge in [-0.2, -0.15) is 9.61 Å². The normalized spacial score (nSPS) is 19.4. The van der Waals surface area contributed by atoms with Crippen LogP contribution in [0.4, 0.5) is 5.82 Å². The minimum atomic E-state index is 0.365. The molecule has 2 aromatic heterocycles. The van der Waals surface area contributed by atoms with Crippen molar-refractivity contribution in [3.05, 3.63) is 23.0 Å². The van der Waals surface area contributed by atoms with Crippen LogP contribution in [0.25, 0.3) is 5.65 Å². The summed E-state index contributed by atoms with van der Waals surface area (Å²) in [6.45, 7) is 7.89. The van der Waals surface area contributed by atoms with Crippen molar-refractivity contribution in [2.45, 2.75) is 46.1 Å². The fourth-order valence-electron chi connectivity index (χ4n) is 2.63. The fourth-order valence-corrected chi connectivity index (χ4v) is 2.63. The van der Waals surface area contributed by atoms with Crippen LogP contribution in [0.1, 0.15) is 36.7 Å². The lowest BCUT2D eigenvalue weighted by Gasteiger charge is -2.24. The molecule has 1 fully saturated rings. The molecular weight excluding hydrogens is 252 g/mol. The Balaban J connectivity index is 2.01. The largest absolute Gasteiger partial charge is 0.379 e. The van der Waals surface area contributed by atoms with E-state index in [9.17, 15) is 0 Å². The number of nitrogens with zero attached hydrogens (tertiary/aromatic N) is 3. The number of anilines is 1. The van der Waals surface area contributed by atoms with Gasteiger partial charge in [0.15, 0.2) is 5.65 Å². The van der Waals surface area contributed by atoms with E-state index in [-0.39, 0.29) is 0 Å². The molecule has 3 heterocycles. The van der Waals surface area contributed by atoms with Gasteiger partial charge in [-0.15, -0.1) is 0 Å². The highest BCUT2D eigenvalue weighted by Crippen LogP contribution is 2.20. The number of fused-ring (bicyclic) bond motifs is 1. The van der Waals surface area contributed by atoms with E-state index >= 15 is 0 Å². The van der Waals surface area contributed by atoms with Crippen molar-refractivity contribution in [3.63, 3.8) is 0 Å². The van der Waals surface area contributed by atoms with Gasteiger partial charge in [-0.05, 0) is 33.1 Å². The van der Waals surface area contributed by atoms with E-state index in [1.165, 1.54) is 0 Å². The van der Waals surface area contributed by atoms with Crippen molar-refractivity contribution >= 4 is 11.5 Å². The first-order valence-corrected chi connectivity index (χ1v) is 7.39. The van der Waals surface area contributed by atoms with Gasteiger partial charge in [-0.25, -0.2) is 4.98 Å². The van der Waals surface area contributed by atoms with Gasteiger partial charge in [0.05, 0.1) is 18.3 Å². The second kappa shape index (κ2) is 5.40. The van der Waals surface area contributed by atoms with E-state index in [1.807, 2.05) is 11.4 Å². The van der Waals surface area contributed by atoms with Crippen LogP contribution in [0.5, 0.6) is 0 Å². The number of nitrogens with one attached hydrogen (secondary N) is 1. The first kappa shape index (κ1) is 13.4. The molecule has 5 heteroatoms. The number of hydrogen-bond acceptors (Lipinski definition) is 4. The van der Waals surface area contributed by atoms with E-state index in [1.54, 1.807) is 0 Å².